The maximum absolute atomic E-state index is 13.6. The lowest BCUT2D eigenvalue weighted by Crippen LogP contribution is -2.45. The average molecular weight is 471 g/mol. The van der Waals surface area contributed by atoms with Gasteiger partial charge < -0.3 is 9.88 Å². The number of fused-ring (bicyclic) bond motifs is 1. The van der Waals surface area contributed by atoms with E-state index in [0.29, 0.717) is 35.5 Å². The van der Waals surface area contributed by atoms with Crippen molar-refractivity contribution in [2.45, 2.75) is 38.6 Å². The van der Waals surface area contributed by atoms with Crippen LogP contribution in [0.4, 0.5) is 13.2 Å². The normalized spacial score (nSPS) is 16.5. The molecule has 1 aliphatic rings. The van der Waals surface area contributed by atoms with Crippen LogP contribution in [0.25, 0.3) is 21.5 Å². The van der Waals surface area contributed by atoms with E-state index in [9.17, 15) is 18.0 Å². The van der Waals surface area contributed by atoms with Crippen LogP contribution in [0.2, 0.25) is 0 Å². The van der Waals surface area contributed by atoms with Crippen molar-refractivity contribution in [2.24, 2.45) is 0 Å². The van der Waals surface area contributed by atoms with Gasteiger partial charge >= 0.3 is 0 Å². The number of rotatable bonds is 4. The first-order chi connectivity index (χ1) is 15.9. The summed E-state index contributed by atoms with van der Waals surface area (Å²) in [5.41, 5.74) is 1.89. The standard InChI is InChI=1S/C24H21F3N4OS/c1-13-28-22(23(33-13)14-5-7-15(25)8-6-14)24(32)31-9-3-2-4-16(31)10-21-29-19-11-17(26)18(27)12-20(19)30-21/h5-8,11-12,16H,2-4,9-10H2,1H3,(H,29,30). The minimum atomic E-state index is -0.942. The number of imidazole rings is 1. The third kappa shape index (κ3) is 4.25. The fraction of sp³-hybridized carbons (Fsp3) is 0.292. The summed E-state index contributed by atoms with van der Waals surface area (Å²) in [5, 5.41) is 0.757. The Morgan fingerprint density at radius 1 is 1.12 bits per heavy atom. The molecule has 1 amide bonds. The van der Waals surface area contributed by atoms with E-state index in [4.69, 9.17) is 0 Å². The number of aromatic nitrogens is 3. The van der Waals surface area contributed by atoms with Crippen molar-refractivity contribution in [3.63, 3.8) is 0 Å². The molecule has 9 heteroatoms. The first-order valence-electron chi connectivity index (χ1n) is 10.8. The molecule has 170 valence electrons. The van der Waals surface area contributed by atoms with Crippen molar-refractivity contribution in [1.82, 2.24) is 19.9 Å². The molecule has 0 saturated carbocycles. The van der Waals surface area contributed by atoms with Gasteiger partial charge in [-0.25, -0.2) is 23.1 Å². The molecule has 0 radical (unpaired) electrons. The number of likely N-dealkylation sites (tertiary alicyclic amines) is 1. The molecule has 2 aromatic carbocycles. The fourth-order valence-corrected chi connectivity index (χ4v) is 5.28. The number of halogens is 3. The van der Waals surface area contributed by atoms with Crippen LogP contribution in [0.5, 0.6) is 0 Å². The van der Waals surface area contributed by atoms with Gasteiger partial charge in [0.15, 0.2) is 11.6 Å². The quantitative estimate of drug-likeness (QED) is 0.419. The van der Waals surface area contributed by atoms with E-state index < -0.39 is 11.6 Å². The Hall–Kier alpha value is -3.20. The number of H-pyrrole nitrogens is 1. The van der Waals surface area contributed by atoms with Gasteiger partial charge in [-0.2, -0.15) is 0 Å². The highest BCUT2D eigenvalue weighted by Gasteiger charge is 2.31. The molecular formula is C24H21F3N4OS. The molecule has 3 heterocycles. The number of hydrogen-bond donors (Lipinski definition) is 1. The Balaban J connectivity index is 1.43. The predicted molar refractivity (Wildman–Crippen MR) is 121 cm³/mol. The number of carbonyl (C=O) groups is 1. The number of benzene rings is 2. The molecule has 1 atom stereocenters. The van der Waals surface area contributed by atoms with E-state index in [0.717, 1.165) is 46.8 Å². The summed E-state index contributed by atoms with van der Waals surface area (Å²) in [6.07, 6.45) is 3.09. The zero-order valence-electron chi connectivity index (χ0n) is 17.9. The smallest absolute Gasteiger partial charge is 0.274 e. The van der Waals surface area contributed by atoms with E-state index >= 15 is 0 Å². The number of hydrogen-bond acceptors (Lipinski definition) is 4. The van der Waals surface area contributed by atoms with Gasteiger partial charge in [0.2, 0.25) is 0 Å². The molecule has 4 aromatic rings. The van der Waals surface area contributed by atoms with E-state index in [1.54, 1.807) is 12.1 Å². The van der Waals surface area contributed by atoms with Gasteiger partial charge in [0.1, 0.15) is 17.3 Å². The molecule has 1 N–H and O–H groups in total. The number of amides is 1. The van der Waals surface area contributed by atoms with Gasteiger partial charge in [-0.15, -0.1) is 11.3 Å². The maximum Gasteiger partial charge on any atom is 0.274 e. The second-order valence-corrected chi connectivity index (χ2v) is 9.44. The van der Waals surface area contributed by atoms with E-state index in [2.05, 4.69) is 15.0 Å². The summed E-state index contributed by atoms with van der Waals surface area (Å²) >= 11 is 1.41. The van der Waals surface area contributed by atoms with Crippen molar-refractivity contribution < 1.29 is 18.0 Å². The summed E-state index contributed by atoms with van der Waals surface area (Å²) in [5.74, 6) is -1.80. The molecule has 0 aliphatic carbocycles. The summed E-state index contributed by atoms with van der Waals surface area (Å²) in [6, 6.07) is 8.09. The lowest BCUT2D eigenvalue weighted by molar-refractivity contribution is 0.0607. The molecule has 0 bridgehead atoms. The Bertz CT molecular complexity index is 1290. The third-order valence-corrected chi connectivity index (χ3v) is 6.95. The average Bonchev–Trinajstić information content (AvgIpc) is 3.37. The van der Waals surface area contributed by atoms with Crippen LogP contribution in [-0.2, 0) is 6.42 Å². The van der Waals surface area contributed by atoms with Crippen LogP contribution in [0.1, 0.15) is 40.6 Å². The van der Waals surface area contributed by atoms with Gasteiger partial charge in [-0.1, -0.05) is 12.1 Å². The minimum absolute atomic E-state index is 0.121. The zero-order chi connectivity index (χ0) is 23.1. The first-order valence-corrected chi connectivity index (χ1v) is 11.6. The second-order valence-electron chi connectivity index (χ2n) is 8.24. The largest absolute Gasteiger partial charge is 0.342 e. The molecule has 5 nitrogen and oxygen atoms in total. The van der Waals surface area contributed by atoms with Crippen LogP contribution < -0.4 is 0 Å². The van der Waals surface area contributed by atoms with Crippen molar-refractivity contribution in [3.8, 4) is 10.4 Å². The highest BCUT2D eigenvalue weighted by atomic mass is 32.1. The lowest BCUT2D eigenvalue weighted by atomic mass is 9.98. The van der Waals surface area contributed by atoms with Gasteiger partial charge in [0, 0.05) is 31.1 Å². The second kappa shape index (κ2) is 8.62. The topological polar surface area (TPSA) is 61.9 Å². The van der Waals surface area contributed by atoms with Gasteiger partial charge in [0.25, 0.3) is 5.91 Å². The molecule has 1 fully saturated rings. The Morgan fingerprint density at radius 3 is 2.67 bits per heavy atom. The van der Waals surface area contributed by atoms with Crippen LogP contribution in [0.15, 0.2) is 36.4 Å². The van der Waals surface area contributed by atoms with Crippen LogP contribution in [0.3, 0.4) is 0 Å². The number of carbonyl (C=O) groups excluding carboxylic acids is 1. The summed E-state index contributed by atoms with van der Waals surface area (Å²) in [7, 11) is 0. The fourth-order valence-electron chi connectivity index (χ4n) is 4.36. The van der Waals surface area contributed by atoms with Crippen molar-refractivity contribution >= 4 is 28.3 Å². The highest BCUT2D eigenvalue weighted by molar-refractivity contribution is 7.15. The highest BCUT2D eigenvalue weighted by Crippen LogP contribution is 2.33. The maximum atomic E-state index is 13.6. The minimum Gasteiger partial charge on any atom is -0.342 e. The first kappa shape index (κ1) is 21.6. The van der Waals surface area contributed by atoms with Crippen LogP contribution in [0, 0.1) is 24.4 Å². The Labute approximate surface area is 192 Å². The summed E-state index contributed by atoms with van der Waals surface area (Å²) < 4.78 is 40.5. The number of aromatic amines is 1. The zero-order valence-corrected chi connectivity index (χ0v) is 18.7. The lowest BCUT2D eigenvalue weighted by Gasteiger charge is -2.35. The number of piperidine rings is 1. The van der Waals surface area contributed by atoms with Crippen molar-refractivity contribution in [3.05, 3.63) is 70.4 Å². The number of nitrogens with zero attached hydrogens (tertiary/aromatic N) is 3. The summed E-state index contributed by atoms with van der Waals surface area (Å²) in [4.78, 5) is 28.1. The SMILES string of the molecule is Cc1nc(C(=O)N2CCCCC2Cc2nc3cc(F)c(F)cc3[nH]2)c(-c2ccc(F)cc2)s1. The molecule has 2 aromatic heterocycles. The Kier molecular flexibility index (Phi) is 5.65. The number of nitrogens with one attached hydrogen (secondary N) is 1. The van der Waals surface area contributed by atoms with Gasteiger partial charge in [0.05, 0.1) is 20.9 Å². The monoisotopic (exact) mass is 470 g/mol. The van der Waals surface area contributed by atoms with E-state index in [1.165, 1.54) is 23.5 Å². The number of aryl methyl sites for hydroxylation is 1. The van der Waals surface area contributed by atoms with Gasteiger partial charge in [-0.3, -0.25) is 4.79 Å². The molecule has 1 aliphatic heterocycles. The third-order valence-electron chi connectivity index (χ3n) is 5.93. The van der Waals surface area contributed by atoms with Gasteiger partial charge in [-0.05, 0) is 43.9 Å². The number of thiazole rings is 1. The van der Waals surface area contributed by atoms with Crippen LogP contribution >= 0.6 is 11.3 Å². The molecule has 0 spiro atoms. The molecular weight excluding hydrogens is 449 g/mol. The van der Waals surface area contributed by atoms with E-state index in [-0.39, 0.29) is 17.8 Å². The van der Waals surface area contributed by atoms with Crippen LogP contribution in [-0.4, -0.2) is 38.3 Å². The summed E-state index contributed by atoms with van der Waals surface area (Å²) in [6.45, 7) is 2.43. The Morgan fingerprint density at radius 2 is 1.88 bits per heavy atom. The predicted octanol–water partition coefficient (Wildman–Crippen LogP) is 5.65. The van der Waals surface area contributed by atoms with Crippen molar-refractivity contribution in [2.75, 3.05) is 6.54 Å². The molecule has 5 rings (SSSR count). The molecule has 1 unspecified atom stereocenters. The molecule has 1 saturated heterocycles. The van der Waals surface area contributed by atoms with E-state index in [1.807, 2.05) is 11.8 Å². The van der Waals surface area contributed by atoms with Crippen molar-refractivity contribution in [1.29, 1.82) is 0 Å². The molecule has 33 heavy (non-hydrogen) atoms.